The van der Waals surface area contributed by atoms with Gasteiger partial charge in [-0.25, -0.2) is 0 Å². The quantitative estimate of drug-likeness (QED) is 0.774. The number of carbonyl (C=O) groups excluding carboxylic acids is 1. The Kier molecular flexibility index (Phi) is 4.77. The van der Waals surface area contributed by atoms with Crippen molar-refractivity contribution in [3.63, 3.8) is 0 Å². The van der Waals surface area contributed by atoms with E-state index in [4.69, 9.17) is 0 Å². The maximum atomic E-state index is 12.1. The summed E-state index contributed by atoms with van der Waals surface area (Å²) in [6, 6.07) is 0.0843. The Morgan fingerprint density at radius 2 is 2.15 bits per heavy atom. The molecule has 6 nitrogen and oxygen atoms in total. The van der Waals surface area contributed by atoms with Crippen molar-refractivity contribution in [3.8, 4) is 0 Å². The number of aryl methyl sites for hydroxylation is 2. The first kappa shape index (κ1) is 15.0. The van der Waals surface area contributed by atoms with Gasteiger partial charge in [0.1, 0.15) is 0 Å². The van der Waals surface area contributed by atoms with Gasteiger partial charge in [-0.3, -0.25) is 14.8 Å². The molecule has 3 N–H and O–H groups in total. The van der Waals surface area contributed by atoms with Crippen molar-refractivity contribution in [3.05, 3.63) is 11.4 Å². The first-order chi connectivity index (χ1) is 9.49. The molecule has 1 heterocycles. The van der Waals surface area contributed by atoms with Crippen LogP contribution in [0.4, 0.5) is 5.69 Å². The molecule has 2 unspecified atom stereocenters. The molecule has 0 radical (unpaired) electrons. The average molecular weight is 280 g/mol. The largest absolute Gasteiger partial charge is 0.391 e. The molecule has 20 heavy (non-hydrogen) atoms. The molecule has 0 bridgehead atoms. The number of carbonyl (C=O) groups is 1. The van der Waals surface area contributed by atoms with Gasteiger partial charge in [-0.1, -0.05) is 12.8 Å². The third-order valence-electron chi connectivity index (χ3n) is 4.05. The molecule has 1 amide bonds. The van der Waals surface area contributed by atoms with Crippen molar-refractivity contribution in [1.82, 2.24) is 15.1 Å². The molecule has 1 aromatic rings. The average Bonchev–Trinajstić information content (AvgIpc) is 2.71. The van der Waals surface area contributed by atoms with E-state index in [1.54, 1.807) is 0 Å². The monoisotopic (exact) mass is 280 g/mol. The van der Waals surface area contributed by atoms with E-state index in [1.807, 2.05) is 25.8 Å². The van der Waals surface area contributed by atoms with E-state index >= 15 is 0 Å². The van der Waals surface area contributed by atoms with Crippen LogP contribution in [0.2, 0.25) is 0 Å². The van der Waals surface area contributed by atoms with Gasteiger partial charge in [0.2, 0.25) is 5.91 Å². The summed E-state index contributed by atoms with van der Waals surface area (Å²) in [7, 11) is 1.90. The number of hydrogen-bond acceptors (Lipinski definition) is 4. The van der Waals surface area contributed by atoms with Crippen LogP contribution in [0.3, 0.4) is 0 Å². The lowest BCUT2D eigenvalue weighted by Gasteiger charge is -2.34. The van der Waals surface area contributed by atoms with Crippen molar-refractivity contribution in [1.29, 1.82) is 0 Å². The lowest BCUT2D eigenvalue weighted by molar-refractivity contribution is -0.118. The van der Waals surface area contributed by atoms with Gasteiger partial charge in [0.05, 0.1) is 29.7 Å². The summed E-state index contributed by atoms with van der Waals surface area (Å²) >= 11 is 0. The molecule has 0 aromatic carbocycles. The molecule has 1 aliphatic rings. The van der Waals surface area contributed by atoms with Crippen molar-refractivity contribution < 1.29 is 9.90 Å². The summed E-state index contributed by atoms with van der Waals surface area (Å²) in [5.74, 6) is -0.0714. The number of nitrogens with zero attached hydrogens (tertiary/aromatic N) is 2. The van der Waals surface area contributed by atoms with Gasteiger partial charge in [-0.05, 0) is 33.7 Å². The van der Waals surface area contributed by atoms with Gasteiger partial charge >= 0.3 is 0 Å². The summed E-state index contributed by atoms with van der Waals surface area (Å²) in [6.45, 7) is 4.02. The number of nitrogens with one attached hydrogen (secondary N) is 2. The number of anilines is 1. The number of amides is 1. The van der Waals surface area contributed by atoms with E-state index in [2.05, 4.69) is 15.5 Å². The lowest BCUT2D eigenvalue weighted by Crippen LogP contribution is -2.46. The van der Waals surface area contributed by atoms with Gasteiger partial charge in [-0.2, -0.15) is 5.10 Å². The van der Waals surface area contributed by atoms with Crippen LogP contribution in [0, 0.1) is 13.8 Å². The van der Waals surface area contributed by atoms with E-state index in [0.29, 0.717) is 0 Å². The predicted octanol–water partition coefficient (Wildman–Crippen LogP) is 1.20. The van der Waals surface area contributed by atoms with Crippen LogP contribution in [-0.2, 0) is 4.79 Å². The molecule has 1 fully saturated rings. The second kappa shape index (κ2) is 6.37. The lowest BCUT2D eigenvalue weighted by atomic mass is 9.91. The SMILES string of the molecule is Cc1n[nH]c(C)c1NC(=O)CN(C)C1CCCCC1O. The fraction of sp³-hybridized carbons (Fsp3) is 0.714. The van der Waals surface area contributed by atoms with E-state index < -0.39 is 0 Å². The molecule has 0 saturated heterocycles. The van der Waals surface area contributed by atoms with Crippen molar-refractivity contribution in [2.45, 2.75) is 51.7 Å². The molecular formula is C14H24N4O2. The summed E-state index contributed by atoms with van der Waals surface area (Å²) in [4.78, 5) is 14.0. The first-order valence-corrected chi connectivity index (χ1v) is 7.18. The topological polar surface area (TPSA) is 81.2 Å². The van der Waals surface area contributed by atoms with Gasteiger partial charge < -0.3 is 10.4 Å². The fourth-order valence-electron chi connectivity index (χ4n) is 2.86. The van der Waals surface area contributed by atoms with Crippen LogP contribution in [-0.4, -0.2) is 51.8 Å². The predicted molar refractivity (Wildman–Crippen MR) is 77.6 cm³/mol. The fourth-order valence-corrected chi connectivity index (χ4v) is 2.86. The van der Waals surface area contributed by atoms with E-state index in [-0.39, 0.29) is 24.6 Å². The molecule has 1 aliphatic carbocycles. The first-order valence-electron chi connectivity index (χ1n) is 7.18. The van der Waals surface area contributed by atoms with Crippen molar-refractivity contribution in [2.24, 2.45) is 0 Å². The van der Waals surface area contributed by atoms with Crippen LogP contribution < -0.4 is 5.32 Å². The number of aliphatic hydroxyl groups is 1. The Bertz CT molecular complexity index is 452. The normalized spacial score (nSPS) is 23.1. The minimum Gasteiger partial charge on any atom is -0.391 e. The molecule has 2 atom stereocenters. The zero-order chi connectivity index (χ0) is 14.7. The Labute approximate surface area is 119 Å². The Hall–Kier alpha value is -1.40. The van der Waals surface area contributed by atoms with E-state index in [9.17, 15) is 9.90 Å². The second-order valence-electron chi connectivity index (χ2n) is 5.69. The van der Waals surface area contributed by atoms with Gasteiger partial charge in [0.15, 0.2) is 0 Å². The number of H-pyrrole nitrogens is 1. The number of hydrogen-bond donors (Lipinski definition) is 3. The Morgan fingerprint density at radius 1 is 1.45 bits per heavy atom. The highest BCUT2D eigenvalue weighted by atomic mass is 16.3. The van der Waals surface area contributed by atoms with Crippen molar-refractivity contribution in [2.75, 3.05) is 18.9 Å². The maximum Gasteiger partial charge on any atom is 0.238 e. The summed E-state index contributed by atoms with van der Waals surface area (Å²) in [5.41, 5.74) is 2.40. The van der Waals surface area contributed by atoms with Gasteiger partial charge in [-0.15, -0.1) is 0 Å². The zero-order valence-electron chi connectivity index (χ0n) is 12.4. The highest BCUT2D eigenvalue weighted by Gasteiger charge is 2.27. The Morgan fingerprint density at radius 3 is 2.75 bits per heavy atom. The zero-order valence-corrected chi connectivity index (χ0v) is 12.4. The maximum absolute atomic E-state index is 12.1. The Balaban J connectivity index is 1.91. The molecule has 112 valence electrons. The second-order valence-corrected chi connectivity index (χ2v) is 5.69. The standard InChI is InChI=1S/C14H24N4O2/c1-9-14(10(2)17-16-9)15-13(20)8-18(3)11-6-4-5-7-12(11)19/h11-12,19H,4-8H2,1-3H3,(H,15,20)(H,16,17). The summed E-state index contributed by atoms with van der Waals surface area (Å²) < 4.78 is 0. The number of likely N-dealkylation sites (N-methyl/N-ethyl adjacent to an activating group) is 1. The highest BCUT2D eigenvalue weighted by molar-refractivity contribution is 5.93. The third-order valence-corrected chi connectivity index (χ3v) is 4.05. The van der Waals surface area contributed by atoms with E-state index in [0.717, 1.165) is 42.8 Å². The number of rotatable bonds is 4. The third kappa shape index (κ3) is 3.37. The molecule has 1 saturated carbocycles. The van der Waals surface area contributed by atoms with Gasteiger partial charge in [0, 0.05) is 6.04 Å². The number of aliphatic hydroxyl groups excluding tert-OH is 1. The highest BCUT2D eigenvalue weighted by Crippen LogP contribution is 2.22. The molecule has 0 spiro atoms. The number of aromatic amines is 1. The van der Waals surface area contributed by atoms with Gasteiger partial charge in [0.25, 0.3) is 0 Å². The number of aromatic nitrogens is 2. The minimum atomic E-state index is -0.320. The van der Waals surface area contributed by atoms with E-state index in [1.165, 1.54) is 0 Å². The smallest absolute Gasteiger partial charge is 0.238 e. The van der Waals surface area contributed by atoms with Crippen LogP contribution in [0.15, 0.2) is 0 Å². The summed E-state index contributed by atoms with van der Waals surface area (Å²) in [5, 5.41) is 19.8. The molecular weight excluding hydrogens is 256 g/mol. The molecule has 1 aromatic heterocycles. The molecule has 2 rings (SSSR count). The van der Waals surface area contributed by atoms with Crippen LogP contribution >= 0.6 is 0 Å². The van der Waals surface area contributed by atoms with Crippen LogP contribution in [0.25, 0.3) is 0 Å². The van der Waals surface area contributed by atoms with Crippen LogP contribution in [0.5, 0.6) is 0 Å². The molecule has 0 aliphatic heterocycles. The van der Waals surface area contributed by atoms with Crippen molar-refractivity contribution >= 4 is 11.6 Å². The molecule has 6 heteroatoms. The van der Waals surface area contributed by atoms with Crippen LogP contribution in [0.1, 0.15) is 37.1 Å². The summed E-state index contributed by atoms with van der Waals surface area (Å²) in [6.07, 6.45) is 3.66. The minimum absolute atomic E-state index is 0.0714.